The van der Waals surface area contributed by atoms with Gasteiger partial charge in [0.25, 0.3) is 5.91 Å². The van der Waals surface area contributed by atoms with E-state index in [1.165, 1.54) is 0 Å². The minimum atomic E-state index is -0.650. The minimum absolute atomic E-state index is 0.329. The Morgan fingerprint density at radius 1 is 0.933 bits per heavy atom. The maximum atomic E-state index is 12.9. The standard InChI is InChI=1S/C24H29NO5/c1-3-28-20-13-12-19(16-21(20)29-4-2)25-22(26)17-30-23(27)24(14-8-9-15-24)18-10-6-5-7-11-18/h5-7,10-13,16H,3-4,8-9,14-15,17H2,1-2H3,(H,25,26). The first-order valence-electron chi connectivity index (χ1n) is 10.5. The van der Waals surface area contributed by atoms with E-state index >= 15 is 0 Å². The Balaban J connectivity index is 1.62. The van der Waals surface area contributed by atoms with E-state index < -0.39 is 11.3 Å². The van der Waals surface area contributed by atoms with Crippen molar-refractivity contribution >= 4 is 17.6 Å². The van der Waals surface area contributed by atoms with E-state index in [2.05, 4.69) is 5.32 Å². The number of carbonyl (C=O) groups is 2. The predicted molar refractivity (Wildman–Crippen MR) is 115 cm³/mol. The molecule has 0 atom stereocenters. The second-order valence-corrected chi connectivity index (χ2v) is 7.31. The highest BCUT2D eigenvalue weighted by Crippen LogP contribution is 2.42. The van der Waals surface area contributed by atoms with Gasteiger partial charge in [0.2, 0.25) is 0 Å². The number of amides is 1. The van der Waals surface area contributed by atoms with E-state index in [0.717, 1.165) is 31.2 Å². The summed E-state index contributed by atoms with van der Waals surface area (Å²) in [6, 6.07) is 14.9. The molecule has 0 spiro atoms. The van der Waals surface area contributed by atoms with E-state index in [9.17, 15) is 9.59 Å². The molecule has 1 saturated carbocycles. The maximum absolute atomic E-state index is 12.9. The lowest BCUT2D eigenvalue weighted by molar-refractivity contribution is -0.153. The topological polar surface area (TPSA) is 73.9 Å². The van der Waals surface area contributed by atoms with Crippen LogP contribution in [0.1, 0.15) is 45.1 Å². The molecule has 1 aliphatic carbocycles. The fourth-order valence-corrected chi connectivity index (χ4v) is 3.94. The second kappa shape index (κ2) is 10.1. The zero-order chi connectivity index (χ0) is 21.4. The van der Waals surface area contributed by atoms with Crippen molar-refractivity contribution in [1.82, 2.24) is 0 Å². The third-order valence-electron chi connectivity index (χ3n) is 5.34. The highest BCUT2D eigenvalue weighted by molar-refractivity contribution is 5.94. The second-order valence-electron chi connectivity index (χ2n) is 7.31. The fourth-order valence-electron chi connectivity index (χ4n) is 3.94. The van der Waals surface area contributed by atoms with Gasteiger partial charge in [-0.25, -0.2) is 0 Å². The first kappa shape index (κ1) is 21.7. The van der Waals surface area contributed by atoms with Crippen LogP contribution in [0.15, 0.2) is 48.5 Å². The van der Waals surface area contributed by atoms with Crippen molar-refractivity contribution in [2.24, 2.45) is 0 Å². The first-order chi connectivity index (χ1) is 14.6. The Kier molecular flexibility index (Phi) is 7.33. The van der Waals surface area contributed by atoms with E-state index in [4.69, 9.17) is 14.2 Å². The lowest BCUT2D eigenvalue weighted by Gasteiger charge is -2.27. The lowest BCUT2D eigenvalue weighted by Crippen LogP contribution is -2.36. The summed E-state index contributed by atoms with van der Waals surface area (Å²) in [5.41, 5.74) is 0.866. The van der Waals surface area contributed by atoms with Crippen molar-refractivity contribution < 1.29 is 23.8 Å². The molecule has 0 bridgehead atoms. The number of benzene rings is 2. The summed E-state index contributed by atoms with van der Waals surface area (Å²) >= 11 is 0. The van der Waals surface area contributed by atoms with Crippen molar-refractivity contribution in [3.05, 3.63) is 54.1 Å². The Morgan fingerprint density at radius 3 is 2.27 bits per heavy atom. The van der Waals surface area contributed by atoms with E-state index in [-0.39, 0.29) is 12.6 Å². The lowest BCUT2D eigenvalue weighted by atomic mass is 9.79. The van der Waals surface area contributed by atoms with Crippen molar-refractivity contribution in [3.8, 4) is 11.5 Å². The molecule has 1 fully saturated rings. The third-order valence-corrected chi connectivity index (χ3v) is 5.34. The van der Waals surface area contributed by atoms with Crippen LogP contribution < -0.4 is 14.8 Å². The van der Waals surface area contributed by atoms with Gasteiger partial charge in [0.1, 0.15) is 0 Å². The zero-order valence-corrected chi connectivity index (χ0v) is 17.6. The van der Waals surface area contributed by atoms with Crippen LogP contribution in [0.2, 0.25) is 0 Å². The molecule has 1 aliphatic rings. The maximum Gasteiger partial charge on any atom is 0.317 e. The number of hydrogen-bond acceptors (Lipinski definition) is 5. The van der Waals surface area contributed by atoms with Gasteiger partial charge < -0.3 is 19.5 Å². The average Bonchev–Trinajstić information content (AvgIpc) is 3.26. The van der Waals surface area contributed by atoms with E-state index in [0.29, 0.717) is 30.4 Å². The summed E-state index contributed by atoms with van der Waals surface area (Å²) in [6.45, 7) is 4.45. The summed E-state index contributed by atoms with van der Waals surface area (Å²) in [5.74, 6) is 0.456. The van der Waals surface area contributed by atoms with Crippen LogP contribution in [-0.4, -0.2) is 31.7 Å². The smallest absolute Gasteiger partial charge is 0.317 e. The monoisotopic (exact) mass is 411 g/mol. The molecule has 2 aromatic carbocycles. The molecule has 30 heavy (non-hydrogen) atoms. The number of ether oxygens (including phenoxy) is 3. The molecular formula is C24H29NO5. The molecule has 1 amide bonds. The van der Waals surface area contributed by atoms with Crippen LogP contribution in [0, 0.1) is 0 Å². The van der Waals surface area contributed by atoms with Gasteiger partial charge in [-0.1, -0.05) is 43.2 Å². The SMILES string of the molecule is CCOc1ccc(NC(=O)COC(=O)C2(c3ccccc3)CCCC2)cc1OCC. The van der Waals surface area contributed by atoms with Gasteiger partial charge in [-0.3, -0.25) is 9.59 Å². The molecule has 0 radical (unpaired) electrons. The van der Waals surface area contributed by atoms with Gasteiger partial charge in [-0.05, 0) is 44.4 Å². The predicted octanol–water partition coefficient (Wildman–Crippen LogP) is 4.48. The minimum Gasteiger partial charge on any atom is -0.490 e. The summed E-state index contributed by atoms with van der Waals surface area (Å²) in [4.78, 5) is 25.3. The summed E-state index contributed by atoms with van der Waals surface area (Å²) in [6.07, 6.45) is 3.44. The summed E-state index contributed by atoms with van der Waals surface area (Å²) < 4.78 is 16.6. The van der Waals surface area contributed by atoms with Gasteiger partial charge in [-0.15, -0.1) is 0 Å². The van der Waals surface area contributed by atoms with Crippen LogP contribution >= 0.6 is 0 Å². The summed E-state index contributed by atoms with van der Waals surface area (Å²) in [5, 5.41) is 2.76. The Labute approximate surface area is 177 Å². The Hall–Kier alpha value is -3.02. The molecule has 0 aliphatic heterocycles. The van der Waals surface area contributed by atoms with Crippen LogP contribution in [0.4, 0.5) is 5.69 Å². The van der Waals surface area contributed by atoms with Crippen molar-refractivity contribution in [2.75, 3.05) is 25.1 Å². The number of anilines is 1. The number of esters is 1. The van der Waals surface area contributed by atoms with Crippen LogP contribution in [0.5, 0.6) is 11.5 Å². The quantitative estimate of drug-likeness (QED) is 0.616. The molecule has 2 aromatic rings. The largest absolute Gasteiger partial charge is 0.490 e. The average molecular weight is 411 g/mol. The molecule has 6 heteroatoms. The third kappa shape index (κ3) is 4.93. The van der Waals surface area contributed by atoms with Crippen molar-refractivity contribution in [2.45, 2.75) is 44.9 Å². The number of rotatable bonds is 9. The normalized spacial score (nSPS) is 14.7. The van der Waals surface area contributed by atoms with Crippen LogP contribution in [0.3, 0.4) is 0 Å². The summed E-state index contributed by atoms with van der Waals surface area (Å²) in [7, 11) is 0. The number of nitrogens with one attached hydrogen (secondary N) is 1. The number of hydrogen-bond donors (Lipinski definition) is 1. The van der Waals surface area contributed by atoms with Crippen LogP contribution in [-0.2, 0) is 19.7 Å². The number of carbonyl (C=O) groups excluding carboxylic acids is 2. The highest BCUT2D eigenvalue weighted by Gasteiger charge is 2.44. The van der Waals surface area contributed by atoms with Gasteiger partial charge >= 0.3 is 5.97 Å². The molecular weight excluding hydrogens is 382 g/mol. The fraction of sp³-hybridized carbons (Fsp3) is 0.417. The highest BCUT2D eigenvalue weighted by atomic mass is 16.5. The molecule has 0 unspecified atom stereocenters. The van der Waals surface area contributed by atoms with Gasteiger partial charge in [-0.2, -0.15) is 0 Å². The molecule has 0 aromatic heterocycles. The Morgan fingerprint density at radius 2 is 1.60 bits per heavy atom. The molecule has 1 N–H and O–H groups in total. The first-order valence-corrected chi connectivity index (χ1v) is 10.5. The molecule has 6 nitrogen and oxygen atoms in total. The molecule has 0 heterocycles. The van der Waals surface area contributed by atoms with Gasteiger partial charge in [0.15, 0.2) is 18.1 Å². The van der Waals surface area contributed by atoms with Crippen LogP contribution in [0.25, 0.3) is 0 Å². The zero-order valence-electron chi connectivity index (χ0n) is 17.6. The van der Waals surface area contributed by atoms with Crippen molar-refractivity contribution in [3.63, 3.8) is 0 Å². The van der Waals surface area contributed by atoms with Crippen molar-refractivity contribution in [1.29, 1.82) is 0 Å². The van der Waals surface area contributed by atoms with E-state index in [1.807, 2.05) is 44.2 Å². The molecule has 160 valence electrons. The van der Waals surface area contributed by atoms with Gasteiger partial charge in [0, 0.05) is 11.8 Å². The van der Waals surface area contributed by atoms with E-state index in [1.54, 1.807) is 18.2 Å². The Bertz CT molecular complexity index is 859. The van der Waals surface area contributed by atoms with Gasteiger partial charge in [0.05, 0.1) is 18.6 Å². The molecule has 3 rings (SSSR count). The molecule has 0 saturated heterocycles.